The maximum atomic E-state index is 9.68. The molecule has 0 aromatic carbocycles. The standard InChI is InChI=1S/C12H17N3O2/c1-2-17-10-12(16)9-15-8-11(7-13-15)14-5-3-4-6-14/h3-8,12,16H,2,9-10H2,1H3/t12-/m1/s1. The lowest BCUT2D eigenvalue weighted by molar-refractivity contribution is 0.0316. The number of rotatable bonds is 6. The van der Waals surface area contributed by atoms with Crippen molar-refractivity contribution in [1.82, 2.24) is 14.3 Å². The maximum absolute atomic E-state index is 9.68. The van der Waals surface area contributed by atoms with Gasteiger partial charge in [-0.25, -0.2) is 0 Å². The van der Waals surface area contributed by atoms with Gasteiger partial charge in [-0.05, 0) is 19.1 Å². The quantitative estimate of drug-likeness (QED) is 0.815. The Balaban J connectivity index is 1.94. The summed E-state index contributed by atoms with van der Waals surface area (Å²) < 4.78 is 8.84. The number of nitrogens with zero attached hydrogens (tertiary/aromatic N) is 3. The zero-order chi connectivity index (χ0) is 12.1. The predicted molar refractivity (Wildman–Crippen MR) is 64.1 cm³/mol. The Kier molecular flexibility index (Phi) is 3.95. The fourth-order valence-electron chi connectivity index (χ4n) is 1.62. The molecule has 0 saturated carbocycles. The Hall–Kier alpha value is -1.59. The molecular weight excluding hydrogens is 218 g/mol. The van der Waals surface area contributed by atoms with Crippen molar-refractivity contribution in [3.8, 4) is 5.69 Å². The van der Waals surface area contributed by atoms with Gasteiger partial charge in [0.15, 0.2) is 0 Å². The Labute approximate surface area is 100 Å². The van der Waals surface area contributed by atoms with E-state index in [0.29, 0.717) is 19.8 Å². The Morgan fingerprint density at radius 3 is 2.88 bits per heavy atom. The molecule has 0 aliphatic heterocycles. The van der Waals surface area contributed by atoms with Crippen molar-refractivity contribution in [3.63, 3.8) is 0 Å². The van der Waals surface area contributed by atoms with E-state index >= 15 is 0 Å². The highest BCUT2D eigenvalue weighted by molar-refractivity contribution is 5.26. The van der Waals surface area contributed by atoms with Gasteiger partial charge in [0.05, 0.1) is 31.1 Å². The van der Waals surface area contributed by atoms with E-state index in [1.165, 1.54) is 0 Å². The third kappa shape index (κ3) is 3.18. The second kappa shape index (κ2) is 5.65. The van der Waals surface area contributed by atoms with Crippen molar-refractivity contribution in [3.05, 3.63) is 36.9 Å². The Morgan fingerprint density at radius 2 is 2.18 bits per heavy atom. The van der Waals surface area contributed by atoms with Crippen LogP contribution in [0.25, 0.3) is 5.69 Å². The summed E-state index contributed by atoms with van der Waals surface area (Å²) in [5.41, 5.74) is 0.985. The fourth-order valence-corrected chi connectivity index (χ4v) is 1.62. The maximum Gasteiger partial charge on any atom is 0.0968 e. The van der Waals surface area contributed by atoms with Crippen LogP contribution in [0.2, 0.25) is 0 Å². The van der Waals surface area contributed by atoms with Crippen LogP contribution < -0.4 is 0 Å². The number of hydrogen-bond acceptors (Lipinski definition) is 3. The van der Waals surface area contributed by atoms with Crippen LogP contribution in [0, 0.1) is 0 Å². The van der Waals surface area contributed by atoms with E-state index in [4.69, 9.17) is 4.74 Å². The van der Waals surface area contributed by atoms with Crippen molar-refractivity contribution in [2.45, 2.75) is 19.6 Å². The summed E-state index contributed by atoms with van der Waals surface area (Å²) in [4.78, 5) is 0. The first-order valence-corrected chi connectivity index (χ1v) is 5.71. The number of aliphatic hydroxyl groups is 1. The molecule has 0 spiro atoms. The predicted octanol–water partition coefficient (Wildman–Crippen LogP) is 1.07. The van der Waals surface area contributed by atoms with Crippen molar-refractivity contribution < 1.29 is 9.84 Å². The summed E-state index contributed by atoms with van der Waals surface area (Å²) in [6.45, 7) is 3.31. The average Bonchev–Trinajstić information content (AvgIpc) is 2.95. The monoisotopic (exact) mass is 235 g/mol. The third-order valence-electron chi connectivity index (χ3n) is 2.43. The minimum Gasteiger partial charge on any atom is -0.389 e. The molecule has 0 unspecified atom stereocenters. The Bertz CT molecular complexity index is 436. The lowest BCUT2D eigenvalue weighted by Crippen LogP contribution is -2.22. The second-order valence-electron chi connectivity index (χ2n) is 3.82. The van der Waals surface area contributed by atoms with Gasteiger partial charge in [0.25, 0.3) is 0 Å². The summed E-state index contributed by atoms with van der Waals surface area (Å²) in [5, 5.41) is 13.9. The van der Waals surface area contributed by atoms with E-state index in [1.807, 2.05) is 42.2 Å². The number of ether oxygens (including phenoxy) is 1. The zero-order valence-corrected chi connectivity index (χ0v) is 9.86. The normalized spacial score (nSPS) is 12.8. The van der Waals surface area contributed by atoms with Crippen LogP contribution in [0.5, 0.6) is 0 Å². The van der Waals surface area contributed by atoms with Crippen molar-refractivity contribution in [2.75, 3.05) is 13.2 Å². The topological polar surface area (TPSA) is 52.2 Å². The van der Waals surface area contributed by atoms with E-state index < -0.39 is 6.10 Å². The molecule has 1 atom stereocenters. The first kappa shape index (κ1) is 11.9. The van der Waals surface area contributed by atoms with Crippen molar-refractivity contribution >= 4 is 0 Å². The SMILES string of the molecule is CCOC[C@H](O)Cn1cc(-n2cccc2)cn1. The highest BCUT2D eigenvalue weighted by Gasteiger charge is 2.06. The summed E-state index contributed by atoms with van der Waals surface area (Å²) in [6.07, 6.45) is 7.06. The van der Waals surface area contributed by atoms with Crippen LogP contribution in [0.1, 0.15) is 6.92 Å². The van der Waals surface area contributed by atoms with E-state index in [1.54, 1.807) is 10.9 Å². The second-order valence-corrected chi connectivity index (χ2v) is 3.82. The first-order chi connectivity index (χ1) is 8.29. The molecule has 5 heteroatoms. The van der Waals surface area contributed by atoms with Crippen molar-refractivity contribution in [2.24, 2.45) is 0 Å². The molecule has 2 aromatic rings. The Morgan fingerprint density at radius 1 is 1.41 bits per heavy atom. The zero-order valence-electron chi connectivity index (χ0n) is 9.86. The van der Waals surface area contributed by atoms with Crippen LogP contribution in [0.3, 0.4) is 0 Å². The summed E-state index contributed by atoms with van der Waals surface area (Å²) in [7, 11) is 0. The van der Waals surface area contributed by atoms with Crippen LogP contribution in [0.15, 0.2) is 36.9 Å². The van der Waals surface area contributed by atoms with Gasteiger partial charge in [-0.3, -0.25) is 4.68 Å². The summed E-state index contributed by atoms with van der Waals surface area (Å²) in [5.74, 6) is 0. The van der Waals surface area contributed by atoms with Gasteiger partial charge >= 0.3 is 0 Å². The van der Waals surface area contributed by atoms with Gasteiger partial charge < -0.3 is 14.4 Å². The molecule has 1 N–H and O–H groups in total. The van der Waals surface area contributed by atoms with Crippen LogP contribution in [-0.2, 0) is 11.3 Å². The highest BCUT2D eigenvalue weighted by atomic mass is 16.5. The molecule has 0 aliphatic carbocycles. The third-order valence-corrected chi connectivity index (χ3v) is 2.43. The number of hydrogen-bond donors (Lipinski definition) is 1. The number of aliphatic hydroxyl groups excluding tert-OH is 1. The van der Waals surface area contributed by atoms with Gasteiger partial charge in [0.1, 0.15) is 0 Å². The molecule has 17 heavy (non-hydrogen) atoms. The molecule has 0 aliphatic rings. The van der Waals surface area contributed by atoms with Gasteiger partial charge in [-0.1, -0.05) is 0 Å². The minimum atomic E-state index is -0.521. The molecule has 2 rings (SSSR count). The smallest absolute Gasteiger partial charge is 0.0968 e. The van der Waals surface area contributed by atoms with Gasteiger partial charge in [-0.2, -0.15) is 5.10 Å². The van der Waals surface area contributed by atoms with E-state index in [-0.39, 0.29) is 0 Å². The van der Waals surface area contributed by atoms with Gasteiger partial charge in [-0.15, -0.1) is 0 Å². The van der Waals surface area contributed by atoms with Crippen LogP contribution >= 0.6 is 0 Å². The van der Waals surface area contributed by atoms with Crippen molar-refractivity contribution in [1.29, 1.82) is 0 Å². The van der Waals surface area contributed by atoms with Crippen LogP contribution in [-0.4, -0.2) is 38.8 Å². The largest absolute Gasteiger partial charge is 0.389 e. The van der Waals surface area contributed by atoms with E-state index in [0.717, 1.165) is 5.69 Å². The molecule has 0 saturated heterocycles. The molecular formula is C12H17N3O2. The molecule has 0 bridgehead atoms. The lowest BCUT2D eigenvalue weighted by Gasteiger charge is -2.09. The molecule has 5 nitrogen and oxygen atoms in total. The van der Waals surface area contributed by atoms with E-state index in [2.05, 4.69) is 5.10 Å². The minimum absolute atomic E-state index is 0.342. The molecule has 0 amide bonds. The van der Waals surface area contributed by atoms with Gasteiger partial charge in [0, 0.05) is 25.2 Å². The fraction of sp³-hybridized carbons (Fsp3) is 0.417. The molecule has 2 aromatic heterocycles. The summed E-state index contributed by atoms with van der Waals surface area (Å²) in [6, 6.07) is 3.92. The van der Waals surface area contributed by atoms with Crippen LogP contribution in [0.4, 0.5) is 0 Å². The molecule has 92 valence electrons. The lowest BCUT2D eigenvalue weighted by atomic mass is 10.4. The molecule has 0 radical (unpaired) electrons. The summed E-state index contributed by atoms with van der Waals surface area (Å²) >= 11 is 0. The molecule has 0 fully saturated rings. The average molecular weight is 235 g/mol. The van der Waals surface area contributed by atoms with E-state index in [9.17, 15) is 5.11 Å². The molecule has 2 heterocycles. The number of aromatic nitrogens is 3. The van der Waals surface area contributed by atoms with Gasteiger partial charge in [0.2, 0.25) is 0 Å². The highest BCUT2D eigenvalue weighted by Crippen LogP contribution is 2.06. The first-order valence-electron chi connectivity index (χ1n) is 5.71.